The molecule has 9 heteroatoms. The lowest BCUT2D eigenvalue weighted by atomic mass is 10.1. The van der Waals surface area contributed by atoms with Gasteiger partial charge in [-0.2, -0.15) is 12.6 Å². The number of nitrogens with two attached hydrogens (primary N) is 1. The van der Waals surface area contributed by atoms with Crippen molar-refractivity contribution in [3.05, 3.63) is 0 Å². The summed E-state index contributed by atoms with van der Waals surface area (Å²) >= 11 is 3.79. The molecule has 0 bridgehead atoms. The number of nitrogens with one attached hydrogen (secondary N) is 2. The van der Waals surface area contributed by atoms with Crippen LogP contribution in [0.3, 0.4) is 0 Å². The van der Waals surface area contributed by atoms with E-state index in [2.05, 4.69) is 23.3 Å². The maximum absolute atomic E-state index is 11.8. The summed E-state index contributed by atoms with van der Waals surface area (Å²) in [5.74, 6) is -2.81. The Labute approximate surface area is 116 Å². The largest absolute Gasteiger partial charge is 0.480 e. The van der Waals surface area contributed by atoms with E-state index in [-0.39, 0.29) is 5.75 Å². The van der Waals surface area contributed by atoms with Gasteiger partial charge in [0.15, 0.2) is 0 Å². The number of carboxylic acids is 1. The summed E-state index contributed by atoms with van der Waals surface area (Å²) < 4.78 is 0. The minimum atomic E-state index is -1.28. The van der Waals surface area contributed by atoms with Crippen molar-refractivity contribution >= 4 is 30.4 Å². The number of aliphatic carboxylic acids is 1. The van der Waals surface area contributed by atoms with Gasteiger partial charge in [0.25, 0.3) is 0 Å². The van der Waals surface area contributed by atoms with E-state index in [9.17, 15) is 19.5 Å². The number of rotatable bonds is 7. The second kappa shape index (κ2) is 7.97. The van der Waals surface area contributed by atoms with Crippen molar-refractivity contribution in [3.63, 3.8) is 0 Å². The number of aliphatic hydroxyl groups excluding tert-OH is 1. The topological polar surface area (TPSA) is 142 Å². The van der Waals surface area contributed by atoms with E-state index >= 15 is 0 Å². The predicted molar refractivity (Wildman–Crippen MR) is 70.7 cm³/mol. The average molecular weight is 293 g/mol. The fourth-order valence-corrected chi connectivity index (χ4v) is 1.38. The number of hydrogen-bond donors (Lipinski definition) is 6. The quantitative estimate of drug-likeness (QED) is 0.291. The maximum Gasteiger partial charge on any atom is 0.327 e. The number of amides is 2. The van der Waals surface area contributed by atoms with Crippen molar-refractivity contribution in [1.82, 2.24) is 10.6 Å². The van der Waals surface area contributed by atoms with Gasteiger partial charge in [0.2, 0.25) is 11.8 Å². The molecule has 2 amide bonds. The van der Waals surface area contributed by atoms with Crippen LogP contribution >= 0.6 is 12.6 Å². The molecular weight excluding hydrogens is 274 g/mol. The molecule has 0 aliphatic carbocycles. The number of aliphatic hydroxyl groups is 1. The number of hydrogen-bond acceptors (Lipinski definition) is 6. The summed E-state index contributed by atoms with van der Waals surface area (Å²) in [6.45, 7) is 2.71. The molecule has 110 valence electrons. The third-order valence-electron chi connectivity index (χ3n) is 2.27. The van der Waals surface area contributed by atoms with E-state index in [0.29, 0.717) is 0 Å². The van der Waals surface area contributed by atoms with Crippen LogP contribution in [-0.4, -0.2) is 58.0 Å². The second-order valence-corrected chi connectivity index (χ2v) is 4.46. The molecule has 0 radical (unpaired) electrons. The van der Waals surface area contributed by atoms with E-state index in [1.54, 1.807) is 0 Å². The SMILES string of the molecule is C[C@H](N)C(=O)N[C@H](C(=O)N[C@@H](CS)C(=O)O)[C@@H](C)O. The first kappa shape index (κ1) is 17.7. The van der Waals surface area contributed by atoms with Crippen molar-refractivity contribution in [2.45, 2.75) is 38.1 Å². The Morgan fingerprint density at radius 2 is 1.74 bits per heavy atom. The number of carbonyl (C=O) groups excluding carboxylic acids is 2. The van der Waals surface area contributed by atoms with Crippen LogP contribution in [0.1, 0.15) is 13.8 Å². The standard InChI is InChI=1S/C10H19N3O5S/c1-4(11)8(15)13-7(5(2)14)9(16)12-6(3-19)10(17)18/h4-7,14,19H,3,11H2,1-2H3,(H,12,16)(H,13,15)(H,17,18)/t4-,5+,6-,7-/m0/s1. The van der Waals surface area contributed by atoms with Crippen LogP contribution in [0.25, 0.3) is 0 Å². The first-order valence-electron chi connectivity index (χ1n) is 5.58. The van der Waals surface area contributed by atoms with Crippen molar-refractivity contribution in [3.8, 4) is 0 Å². The van der Waals surface area contributed by atoms with Crippen molar-refractivity contribution < 1.29 is 24.6 Å². The van der Waals surface area contributed by atoms with Gasteiger partial charge < -0.3 is 26.6 Å². The van der Waals surface area contributed by atoms with E-state index in [0.717, 1.165) is 0 Å². The molecule has 0 aromatic heterocycles. The molecule has 0 aliphatic heterocycles. The monoisotopic (exact) mass is 293 g/mol. The smallest absolute Gasteiger partial charge is 0.327 e. The first-order valence-corrected chi connectivity index (χ1v) is 6.22. The summed E-state index contributed by atoms with van der Waals surface area (Å²) in [6, 6.07) is -3.33. The lowest BCUT2D eigenvalue weighted by Gasteiger charge is -2.23. The summed E-state index contributed by atoms with van der Waals surface area (Å²) in [4.78, 5) is 33.9. The fraction of sp³-hybridized carbons (Fsp3) is 0.700. The van der Waals surface area contributed by atoms with Gasteiger partial charge in [0.1, 0.15) is 12.1 Å². The lowest BCUT2D eigenvalue weighted by Crippen LogP contribution is -2.58. The van der Waals surface area contributed by atoms with Crippen molar-refractivity contribution in [2.24, 2.45) is 5.73 Å². The van der Waals surface area contributed by atoms with Crippen LogP contribution < -0.4 is 16.4 Å². The summed E-state index contributed by atoms with van der Waals surface area (Å²) in [7, 11) is 0. The molecule has 0 fully saturated rings. The summed E-state index contributed by atoms with van der Waals surface area (Å²) in [6.07, 6.45) is -1.20. The van der Waals surface area contributed by atoms with Gasteiger partial charge >= 0.3 is 5.97 Å². The van der Waals surface area contributed by atoms with Crippen LogP contribution in [0.15, 0.2) is 0 Å². The number of carboxylic acid groups (broad SMARTS) is 1. The molecular formula is C10H19N3O5S. The number of thiol groups is 1. The Bertz CT molecular complexity index is 348. The van der Waals surface area contributed by atoms with Crippen LogP contribution in [-0.2, 0) is 14.4 Å². The summed E-state index contributed by atoms with van der Waals surface area (Å²) in [5, 5.41) is 22.6. The van der Waals surface area contributed by atoms with Gasteiger partial charge in [-0.1, -0.05) is 0 Å². The Morgan fingerprint density at radius 3 is 2.05 bits per heavy atom. The zero-order chi connectivity index (χ0) is 15.2. The van der Waals surface area contributed by atoms with Gasteiger partial charge in [0, 0.05) is 5.75 Å². The second-order valence-electron chi connectivity index (χ2n) is 4.10. The Balaban J connectivity index is 4.75. The average Bonchev–Trinajstić information content (AvgIpc) is 2.31. The molecule has 0 aliphatic rings. The Morgan fingerprint density at radius 1 is 1.21 bits per heavy atom. The molecule has 0 heterocycles. The van der Waals surface area contributed by atoms with Crippen LogP contribution in [0.5, 0.6) is 0 Å². The maximum atomic E-state index is 11.8. The van der Waals surface area contributed by atoms with Gasteiger partial charge in [0.05, 0.1) is 12.1 Å². The van der Waals surface area contributed by atoms with Crippen molar-refractivity contribution in [2.75, 3.05) is 5.75 Å². The highest BCUT2D eigenvalue weighted by molar-refractivity contribution is 7.80. The highest BCUT2D eigenvalue weighted by Crippen LogP contribution is 1.97. The third-order valence-corrected chi connectivity index (χ3v) is 2.64. The Kier molecular flexibility index (Phi) is 7.42. The van der Waals surface area contributed by atoms with E-state index in [4.69, 9.17) is 10.8 Å². The third kappa shape index (κ3) is 5.90. The molecule has 0 aromatic rings. The zero-order valence-corrected chi connectivity index (χ0v) is 11.6. The Hall–Kier alpha value is -1.32. The molecule has 0 aromatic carbocycles. The molecule has 6 N–H and O–H groups in total. The van der Waals surface area contributed by atoms with Crippen molar-refractivity contribution in [1.29, 1.82) is 0 Å². The lowest BCUT2D eigenvalue weighted by molar-refractivity contribution is -0.142. The highest BCUT2D eigenvalue weighted by Gasteiger charge is 2.29. The number of carbonyl (C=O) groups is 3. The van der Waals surface area contributed by atoms with Gasteiger partial charge in [-0.25, -0.2) is 4.79 Å². The minimum Gasteiger partial charge on any atom is -0.480 e. The molecule has 0 unspecified atom stereocenters. The van der Waals surface area contributed by atoms with Gasteiger partial charge in [-0.3, -0.25) is 9.59 Å². The normalized spacial score (nSPS) is 16.9. The zero-order valence-electron chi connectivity index (χ0n) is 10.7. The molecule has 0 rings (SSSR count). The van der Waals surface area contributed by atoms with E-state index < -0.39 is 42.0 Å². The summed E-state index contributed by atoms with van der Waals surface area (Å²) in [5.41, 5.74) is 5.33. The predicted octanol–water partition coefficient (Wildman–Crippen LogP) is -2.30. The fourth-order valence-electron chi connectivity index (χ4n) is 1.14. The van der Waals surface area contributed by atoms with Gasteiger partial charge in [-0.15, -0.1) is 0 Å². The van der Waals surface area contributed by atoms with Gasteiger partial charge in [-0.05, 0) is 13.8 Å². The molecule has 19 heavy (non-hydrogen) atoms. The molecule has 0 saturated heterocycles. The molecule has 8 nitrogen and oxygen atoms in total. The molecule has 0 saturated carbocycles. The minimum absolute atomic E-state index is 0.116. The molecule has 4 atom stereocenters. The first-order chi connectivity index (χ1) is 8.70. The highest BCUT2D eigenvalue weighted by atomic mass is 32.1. The van der Waals surface area contributed by atoms with Crippen LogP contribution in [0, 0.1) is 0 Å². The van der Waals surface area contributed by atoms with E-state index in [1.165, 1.54) is 13.8 Å². The van der Waals surface area contributed by atoms with Crippen LogP contribution in [0.4, 0.5) is 0 Å². The molecule has 0 spiro atoms. The van der Waals surface area contributed by atoms with Crippen LogP contribution in [0.2, 0.25) is 0 Å². The van der Waals surface area contributed by atoms with E-state index in [1.807, 2.05) is 0 Å².